The lowest BCUT2D eigenvalue weighted by atomic mass is 9.95. The molecule has 0 saturated carbocycles. The fourth-order valence-corrected chi connectivity index (χ4v) is 13.7. The van der Waals surface area contributed by atoms with Crippen molar-refractivity contribution >= 4 is 110 Å². The molecular weight excluding hydrogens is 1320 g/mol. The average Bonchev–Trinajstić information content (AvgIpc) is 1.69. The van der Waals surface area contributed by atoms with E-state index in [-0.39, 0.29) is 79.8 Å². The smallest absolute Gasteiger partial charge is 0.305 e. The number of phenols is 1. The number of H-pyrrole nitrogens is 3. The molecule has 0 unspecified atom stereocenters. The number of nitrogens with one attached hydrogen (secondary N) is 11. The number of aliphatic carboxylic acids is 1. The lowest BCUT2D eigenvalue weighted by Crippen LogP contribution is -2.63. The van der Waals surface area contributed by atoms with Crippen LogP contribution in [-0.2, 0) is 89.9 Å². The molecule has 8 atom stereocenters. The molecule has 4 aromatic carbocycles. The highest BCUT2D eigenvalue weighted by Gasteiger charge is 2.49. The largest absolute Gasteiger partial charge is 0.508 e. The maximum Gasteiger partial charge on any atom is 0.305 e. The van der Waals surface area contributed by atoms with Crippen molar-refractivity contribution in [1.29, 1.82) is 0 Å². The van der Waals surface area contributed by atoms with E-state index in [1.807, 2.05) is 24.3 Å². The SMILES string of the molecule is C[C@@]12CCCN1C(=O)[C@H](Cc1ccc(O)cc1)NC(=O)[C@@H](Cc1cnc[nH]1)NC(=O)[C@H](CC(=O)O)NC(=O)[C@H](Cc1c[nH]c3ccc(F)cc13)NC(=O)[C@H](Cc1c[nH]c3ccc(F)cc13)NC(=O)CNC(=O)[C@@H](CCN)NC(=O)CCSCc1cccc(c1)CSC[C@@H](C(N)=O)NC2=O. The number of aromatic amines is 3. The van der Waals surface area contributed by atoms with Gasteiger partial charge >= 0.3 is 5.97 Å². The van der Waals surface area contributed by atoms with Crippen LogP contribution in [-0.4, -0.2) is 179 Å². The summed E-state index contributed by atoms with van der Waals surface area (Å²) in [6.07, 6.45) is 3.27. The van der Waals surface area contributed by atoms with Gasteiger partial charge in [0.1, 0.15) is 65.2 Å². The summed E-state index contributed by atoms with van der Waals surface area (Å²) in [6.45, 7) is 0.724. The Kier molecular flexibility index (Phi) is 24.9. The standard InChI is InChI=1S/C67H77F2N15O13S2/c1-67-16-3-18-84(67)65(96)54(21-36-6-10-44(85)11-7-36)82-63(94)52(26-43-30-72-35-76-43)80-64(95)53(27-58(88)89)81-62(93)51(23-40-29-74-48-13-9-42(69)25-46(40)48)79-61(92)50(22-39-28-73-47-12-8-41(68)24-45(39)47)78-57(87)31-75-60(91)49(14-17-70)77-56(86)15-19-98-32-37-4-2-5-38(20-37)33-99-34-55(59(71)90)83-66(67)97/h2,4-13,20,24-25,28-30,35,49-55,73-74,85H,3,14-19,21-23,26-27,31-34,70H2,1H3,(H2,71,90)(H,72,76)(H,75,91)(H,77,86)(H,78,87)(H,79,92)(H,80,95)(H,81,93)(H,82,94)(H,83,97)(H,88,89)/t49-,50+,51+,52-,53+,54+,55+,67+/m1/s1. The van der Waals surface area contributed by atoms with Gasteiger partial charge in [-0.25, -0.2) is 13.8 Å². The number of fused-ring (bicyclic) bond motifs is 5. The Balaban J connectivity index is 1.05. The third-order valence-electron chi connectivity index (χ3n) is 17.1. The number of nitrogens with zero attached hydrogens (tertiary/aromatic N) is 2. The summed E-state index contributed by atoms with van der Waals surface area (Å²) >= 11 is 2.77. The monoisotopic (exact) mass is 1400 g/mol. The number of benzene rings is 4. The molecule has 1 saturated heterocycles. The van der Waals surface area contributed by atoms with Gasteiger partial charge in [-0.3, -0.25) is 52.7 Å². The van der Waals surface area contributed by atoms with E-state index in [0.29, 0.717) is 51.2 Å². The van der Waals surface area contributed by atoms with E-state index in [2.05, 4.69) is 62.5 Å². The number of hydrogen-bond donors (Lipinski definition) is 15. The zero-order valence-corrected chi connectivity index (χ0v) is 55.4. The Morgan fingerprint density at radius 3 is 1.83 bits per heavy atom. The Morgan fingerprint density at radius 2 is 1.23 bits per heavy atom. The summed E-state index contributed by atoms with van der Waals surface area (Å²) in [4.78, 5) is 170. The average molecular weight is 1400 g/mol. The van der Waals surface area contributed by atoms with Gasteiger partial charge in [0.05, 0.1) is 19.3 Å². The number of carbonyl (C=O) groups is 11. The van der Waals surface area contributed by atoms with E-state index < -0.39 is 144 Å². The van der Waals surface area contributed by atoms with Gasteiger partial charge in [-0.15, -0.1) is 0 Å². The number of carboxylic acid groups (broad SMARTS) is 1. The third kappa shape index (κ3) is 19.7. The summed E-state index contributed by atoms with van der Waals surface area (Å²) in [5.41, 5.74) is 14.0. The number of carboxylic acids is 1. The predicted molar refractivity (Wildman–Crippen MR) is 362 cm³/mol. The molecule has 17 N–H and O–H groups in total. The molecule has 2 aliphatic rings. The molecule has 28 nitrogen and oxygen atoms in total. The van der Waals surface area contributed by atoms with Crippen molar-refractivity contribution in [3.8, 4) is 5.75 Å². The number of hydrogen-bond acceptors (Lipinski definition) is 16. The molecule has 7 aromatic rings. The molecule has 10 amide bonds. The van der Waals surface area contributed by atoms with Crippen LogP contribution in [0.4, 0.5) is 8.78 Å². The molecule has 3 aromatic heterocycles. The van der Waals surface area contributed by atoms with E-state index in [1.54, 1.807) is 0 Å². The first-order chi connectivity index (χ1) is 47.4. The van der Waals surface area contributed by atoms with Crippen LogP contribution < -0.4 is 54.0 Å². The minimum Gasteiger partial charge on any atom is -0.508 e. The van der Waals surface area contributed by atoms with Gasteiger partial charge in [-0.1, -0.05) is 36.4 Å². The minimum atomic E-state index is -2.05. The minimum absolute atomic E-state index is 0.0114. The molecule has 0 spiro atoms. The normalized spacial score (nSPS) is 22.9. The number of carbonyl (C=O) groups excluding carboxylic acids is 10. The van der Waals surface area contributed by atoms with Crippen LogP contribution in [0.25, 0.3) is 21.8 Å². The number of aromatic nitrogens is 4. The molecular formula is C67H77F2N15O13S2. The van der Waals surface area contributed by atoms with Crippen molar-refractivity contribution in [1.82, 2.24) is 67.4 Å². The maximum atomic E-state index is 15.2. The fourth-order valence-electron chi connectivity index (χ4n) is 11.8. The maximum absolute atomic E-state index is 15.2. The van der Waals surface area contributed by atoms with Crippen LogP contribution in [0.2, 0.25) is 0 Å². The molecule has 32 heteroatoms. The van der Waals surface area contributed by atoms with Gasteiger partial charge in [0.2, 0.25) is 59.1 Å². The zero-order valence-electron chi connectivity index (χ0n) is 53.8. The molecule has 2 bridgehead atoms. The van der Waals surface area contributed by atoms with E-state index >= 15 is 9.59 Å². The van der Waals surface area contributed by atoms with E-state index in [1.165, 1.54) is 115 Å². The number of amides is 10. The quantitative estimate of drug-likeness (QED) is 0.0776. The van der Waals surface area contributed by atoms with Crippen molar-refractivity contribution in [3.63, 3.8) is 0 Å². The number of nitrogens with two attached hydrogens (primary N) is 2. The highest BCUT2D eigenvalue weighted by Crippen LogP contribution is 2.32. The first kappa shape index (κ1) is 72.9. The van der Waals surface area contributed by atoms with E-state index in [4.69, 9.17) is 11.5 Å². The summed E-state index contributed by atoms with van der Waals surface area (Å²) < 4.78 is 29.8. The van der Waals surface area contributed by atoms with Crippen molar-refractivity contribution in [2.75, 3.05) is 31.1 Å². The van der Waals surface area contributed by atoms with Crippen LogP contribution in [0.5, 0.6) is 5.75 Å². The molecule has 0 aliphatic carbocycles. The summed E-state index contributed by atoms with van der Waals surface area (Å²) in [7, 11) is 0. The van der Waals surface area contributed by atoms with Crippen molar-refractivity contribution in [2.24, 2.45) is 11.5 Å². The number of rotatable bonds is 13. The Hall–Kier alpha value is -10.3. The van der Waals surface area contributed by atoms with Crippen LogP contribution >= 0.6 is 23.5 Å². The Morgan fingerprint density at radius 1 is 0.657 bits per heavy atom. The van der Waals surface area contributed by atoms with Gasteiger partial charge < -0.3 is 84.1 Å². The second kappa shape index (κ2) is 33.8. The van der Waals surface area contributed by atoms with Gasteiger partial charge in [0.25, 0.3) is 0 Å². The summed E-state index contributed by atoms with van der Waals surface area (Å²) in [5, 5.41) is 41.8. The zero-order chi connectivity index (χ0) is 70.9. The highest BCUT2D eigenvalue weighted by atomic mass is 32.2. The van der Waals surface area contributed by atoms with Crippen molar-refractivity contribution in [2.45, 2.75) is 124 Å². The first-order valence-electron chi connectivity index (χ1n) is 31.8. The Bertz CT molecular complexity index is 4120. The topological polar surface area (TPSA) is 440 Å². The number of thioether (sulfide) groups is 2. The van der Waals surface area contributed by atoms with Crippen molar-refractivity contribution in [3.05, 3.63) is 155 Å². The first-order valence-corrected chi connectivity index (χ1v) is 34.2. The molecule has 2 aliphatic heterocycles. The second-order valence-electron chi connectivity index (χ2n) is 24.4. The third-order valence-corrected chi connectivity index (χ3v) is 19.2. The van der Waals surface area contributed by atoms with Gasteiger partial charge in [-0.2, -0.15) is 23.5 Å². The van der Waals surface area contributed by atoms with Crippen LogP contribution in [0.3, 0.4) is 0 Å². The van der Waals surface area contributed by atoms with Crippen LogP contribution in [0, 0.1) is 11.6 Å². The number of phenolic OH excluding ortho intramolecular Hbond substituents is 1. The van der Waals surface area contributed by atoms with Crippen LogP contribution in [0.15, 0.2) is 110 Å². The number of imidazole rings is 1. The molecule has 1 fully saturated rings. The number of primary amides is 1. The number of aromatic hydroxyl groups is 1. The van der Waals surface area contributed by atoms with E-state index in [9.17, 15) is 62.1 Å². The fraction of sp³-hybridized carbons (Fsp3) is 0.373. The van der Waals surface area contributed by atoms with Gasteiger partial charge in [0, 0.05) is 108 Å². The molecule has 0 radical (unpaired) electrons. The lowest BCUT2D eigenvalue weighted by Gasteiger charge is -2.37. The van der Waals surface area contributed by atoms with Crippen molar-refractivity contribution < 1.29 is 71.7 Å². The van der Waals surface area contributed by atoms with E-state index in [0.717, 1.165) is 17.2 Å². The second-order valence-corrected chi connectivity index (χ2v) is 26.5. The summed E-state index contributed by atoms with van der Waals surface area (Å²) in [5.74, 6) is -10.9. The summed E-state index contributed by atoms with van der Waals surface area (Å²) in [6, 6.07) is 9.81. The highest BCUT2D eigenvalue weighted by molar-refractivity contribution is 7.98. The van der Waals surface area contributed by atoms with Gasteiger partial charge in [0.15, 0.2) is 0 Å². The molecule has 5 heterocycles. The predicted octanol–water partition coefficient (Wildman–Crippen LogP) is 1.40. The van der Waals surface area contributed by atoms with Gasteiger partial charge in [-0.05, 0) is 109 Å². The Labute approximate surface area is 574 Å². The molecule has 524 valence electrons. The molecule has 9 rings (SSSR count). The molecule has 99 heavy (non-hydrogen) atoms. The van der Waals surface area contributed by atoms with Crippen LogP contribution in [0.1, 0.15) is 72.5 Å². The lowest BCUT2D eigenvalue weighted by molar-refractivity contribution is -0.147. The number of halogens is 2.